The van der Waals surface area contributed by atoms with Crippen molar-refractivity contribution in [2.75, 3.05) is 6.54 Å². The maximum atomic E-state index is 12.8. The quantitative estimate of drug-likeness (QED) is 0.746. The minimum Gasteiger partial charge on any atom is -0.349 e. The molecule has 2 amide bonds. The van der Waals surface area contributed by atoms with Crippen LogP contribution >= 0.6 is 11.3 Å². The van der Waals surface area contributed by atoms with Crippen LogP contribution in [0.1, 0.15) is 29.8 Å². The molecule has 0 saturated heterocycles. The van der Waals surface area contributed by atoms with Gasteiger partial charge >= 0.3 is 0 Å². The molecule has 5 heteroatoms. The molecule has 1 atom stereocenters. The number of benzene rings is 1. The van der Waals surface area contributed by atoms with E-state index in [0.717, 1.165) is 10.4 Å². The standard InChI is InChI=1S/C19H22N2O2S/c1-3-11-21(14-17-10-7-12-24-17)19(23)13-18(20-15(2)22)16-8-5-4-6-9-16/h3-10,12,18H,1,11,13-14H2,2H3,(H,20,22). The van der Waals surface area contributed by atoms with E-state index in [-0.39, 0.29) is 24.3 Å². The molecule has 0 spiro atoms. The van der Waals surface area contributed by atoms with E-state index in [1.165, 1.54) is 6.92 Å². The summed E-state index contributed by atoms with van der Waals surface area (Å²) in [5.41, 5.74) is 0.927. The normalized spacial score (nSPS) is 11.5. The largest absolute Gasteiger partial charge is 0.349 e. The second-order valence-corrected chi connectivity index (χ2v) is 6.54. The first-order valence-electron chi connectivity index (χ1n) is 7.83. The minimum atomic E-state index is -0.327. The zero-order valence-electron chi connectivity index (χ0n) is 13.8. The van der Waals surface area contributed by atoms with Gasteiger partial charge in [-0.1, -0.05) is 42.5 Å². The number of carbonyl (C=O) groups excluding carboxylic acids is 2. The summed E-state index contributed by atoms with van der Waals surface area (Å²) in [6.45, 7) is 6.25. The van der Waals surface area contributed by atoms with Crippen molar-refractivity contribution in [2.24, 2.45) is 0 Å². The molecule has 0 radical (unpaired) electrons. The SMILES string of the molecule is C=CCN(Cc1cccs1)C(=O)CC(NC(C)=O)c1ccccc1. The Morgan fingerprint density at radius 3 is 2.58 bits per heavy atom. The Hall–Kier alpha value is -2.40. The Balaban J connectivity index is 2.11. The highest BCUT2D eigenvalue weighted by Crippen LogP contribution is 2.19. The van der Waals surface area contributed by atoms with Gasteiger partial charge in [-0.05, 0) is 17.0 Å². The molecule has 4 nitrogen and oxygen atoms in total. The molecule has 24 heavy (non-hydrogen) atoms. The lowest BCUT2D eigenvalue weighted by Gasteiger charge is -2.24. The Labute approximate surface area is 146 Å². The van der Waals surface area contributed by atoms with E-state index in [1.807, 2.05) is 47.8 Å². The van der Waals surface area contributed by atoms with Crippen LogP contribution in [0.2, 0.25) is 0 Å². The molecule has 0 saturated carbocycles. The summed E-state index contributed by atoms with van der Waals surface area (Å²) in [7, 11) is 0. The van der Waals surface area contributed by atoms with Gasteiger partial charge in [-0.3, -0.25) is 9.59 Å². The zero-order chi connectivity index (χ0) is 17.4. The van der Waals surface area contributed by atoms with Crippen molar-refractivity contribution in [3.63, 3.8) is 0 Å². The van der Waals surface area contributed by atoms with E-state index in [0.29, 0.717) is 13.1 Å². The number of nitrogens with zero attached hydrogens (tertiary/aromatic N) is 1. The van der Waals surface area contributed by atoms with Gasteiger partial charge in [0.05, 0.1) is 19.0 Å². The van der Waals surface area contributed by atoms with E-state index in [9.17, 15) is 9.59 Å². The summed E-state index contributed by atoms with van der Waals surface area (Å²) in [6, 6.07) is 13.2. The first-order chi connectivity index (χ1) is 11.6. The Bertz CT molecular complexity index is 668. The third-order valence-electron chi connectivity index (χ3n) is 3.59. The third kappa shape index (κ3) is 5.35. The Morgan fingerprint density at radius 1 is 1.25 bits per heavy atom. The molecule has 1 heterocycles. The minimum absolute atomic E-state index is 0.00842. The van der Waals surface area contributed by atoms with Crippen LogP contribution < -0.4 is 5.32 Å². The smallest absolute Gasteiger partial charge is 0.225 e. The van der Waals surface area contributed by atoms with Gasteiger partial charge < -0.3 is 10.2 Å². The van der Waals surface area contributed by atoms with E-state index in [1.54, 1.807) is 22.3 Å². The second kappa shape index (κ2) is 9.03. The van der Waals surface area contributed by atoms with Gasteiger partial charge in [0.15, 0.2) is 0 Å². The lowest BCUT2D eigenvalue weighted by atomic mass is 10.0. The maximum Gasteiger partial charge on any atom is 0.225 e. The fourth-order valence-electron chi connectivity index (χ4n) is 2.49. The molecular weight excluding hydrogens is 320 g/mol. The van der Waals surface area contributed by atoms with Gasteiger partial charge in [0, 0.05) is 18.3 Å². The molecule has 1 N–H and O–H groups in total. The van der Waals surface area contributed by atoms with Crippen LogP contribution in [0.15, 0.2) is 60.5 Å². The van der Waals surface area contributed by atoms with E-state index in [2.05, 4.69) is 11.9 Å². The highest BCUT2D eigenvalue weighted by atomic mass is 32.1. The molecule has 126 valence electrons. The van der Waals surface area contributed by atoms with Gasteiger partial charge in [-0.25, -0.2) is 0 Å². The number of carbonyl (C=O) groups is 2. The van der Waals surface area contributed by atoms with E-state index < -0.39 is 0 Å². The predicted octanol–water partition coefficient (Wildman–Crippen LogP) is 3.53. The highest BCUT2D eigenvalue weighted by molar-refractivity contribution is 7.09. The fourth-order valence-corrected chi connectivity index (χ4v) is 3.21. The van der Waals surface area contributed by atoms with Crippen LogP contribution in [0.3, 0.4) is 0 Å². The number of hydrogen-bond acceptors (Lipinski definition) is 3. The summed E-state index contributed by atoms with van der Waals surface area (Å²) < 4.78 is 0. The molecule has 0 aliphatic carbocycles. The molecule has 0 bridgehead atoms. The van der Waals surface area contributed by atoms with Crippen LogP contribution in [-0.4, -0.2) is 23.3 Å². The molecule has 0 fully saturated rings. The van der Waals surface area contributed by atoms with Crippen molar-refractivity contribution in [2.45, 2.75) is 25.9 Å². The first kappa shape index (κ1) is 17.9. The van der Waals surface area contributed by atoms with Crippen LogP contribution in [0.25, 0.3) is 0 Å². The summed E-state index contributed by atoms with van der Waals surface area (Å²) in [5.74, 6) is -0.156. The average molecular weight is 342 g/mol. The van der Waals surface area contributed by atoms with Gasteiger partial charge in [0.1, 0.15) is 0 Å². The van der Waals surface area contributed by atoms with Crippen molar-refractivity contribution >= 4 is 23.2 Å². The second-order valence-electron chi connectivity index (χ2n) is 5.51. The monoisotopic (exact) mass is 342 g/mol. The van der Waals surface area contributed by atoms with E-state index in [4.69, 9.17) is 0 Å². The van der Waals surface area contributed by atoms with Crippen LogP contribution in [-0.2, 0) is 16.1 Å². The molecule has 2 aromatic rings. The molecule has 1 aromatic heterocycles. The molecule has 1 unspecified atom stereocenters. The van der Waals surface area contributed by atoms with Gasteiger partial charge in [0.25, 0.3) is 0 Å². The highest BCUT2D eigenvalue weighted by Gasteiger charge is 2.21. The number of thiophene rings is 1. The molecule has 0 aliphatic heterocycles. The summed E-state index contributed by atoms with van der Waals surface area (Å²) in [6.07, 6.45) is 1.95. The summed E-state index contributed by atoms with van der Waals surface area (Å²) in [4.78, 5) is 27.2. The lowest BCUT2D eigenvalue weighted by Crippen LogP contribution is -2.35. The van der Waals surface area contributed by atoms with Crippen molar-refractivity contribution < 1.29 is 9.59 Å². The predicted molar refractivity (Wildman–Crippen MR) is 97.5 cm³/mol. The van der Waals surface area contributed by atoms with Crippen LogP contribution in [0, 0.1) is 0 Å². The number of amides is 2. The Morgan fingerprint density at radius 2 is 2.00 bits per heavy atom. The summed E-state index contributed by atoms with van der Waals surface area (Å²) >= 11 is 1.62. The lowest BCUT2D eigenvalue weighted by molar-refractivity contribution is -0.132. The number of rotatable bonds is 8. The zero-order valence-corrected chi connectivity index (χ0v) is 14.6. The molecule has 0 aliphatic rings. The number of hydrogen-bond donors (Lipinski definition) is 1. The van der Waals surface area contributed by atoms with Crippen molar-refractivity contribution in [3.8, 4) is 0 Å². The fraction of sp³-hybridized carbons (Fsp3) is 0.263. The first-order valence-corrected chi connectivity index (χ1v) is 8.71. The summed E-state index contributed by atoms with van der Waals surface area (Å²) in [5, 5.41) is 4.87. The van der Waals surface area contributed by atoms with Gasteiger partial charge in [-0.2, -0.15) is 0 Å². The van der Waals surface area contributed by atoms with Gasteiger partial charge in [-0.15, -0.1) is 17.9 Å². The van der Waals surface area contributed by atoms with Crippen LogP contribution in [0.4, 0.5) is 0 Å². The van der Waals surface area contributed by atoms with E-state index >= 15 is 0 Å². The van der Waals surface area contributed by atoms with Crippen molar-refractivity contribution in [1.82, 2.24) is 10.2 Å². The van der Waals surface area contributed by atoms with Crippen molar-refractivity contribution in [3.05, 3.63) is 70.9 Å². The molecular formula is C19H22N2O2S. The number of nitrogens with one attached hydrogen (secondary N) is 1. The third-order valence-corrected chi connectivity index (χ3v) is 4.45. The maximum absolute atomic E-state index is 12.8. The van der Waals surface area contributed by atoms with Gasteiger partial charge in [0.2, 0.25) is 11.8 Å². The van der Waals surface area contributed by atoms with Crippen molar-refractivity contribution in [1.29, 1.82) is 0 Å². The topological polar surface area (TPSA) is 49.4 Å². The van der Waals surface area contributed by atoms with Crippen LogP contribution in [0.5, 0.6) is 0 Å². The Kier molecular flexibility index (Phi) is 6.75. The molecule has 1 aromatic carbocycles. The molecule has 2 rings (SSSR count). The average Bonchev–Trinajstić information content (AvgIpc) is 3.07.